The van der Waals surface area contributed by atoms with E-state index in [0.29, 0.717) is 19.1 Å². The van der Waals surface area contributed by atoms with E-state index in [1.54, 1.807) is 4.90 Å². The lowest BCUT2D eigenvalue weighted by molar-refractivity contribution is -0.157. The average molecular weight is 296 g/mol. The van der Waals surface area contributed by atoms with Crippen molar-refractivity contribution >= 4 is 11.8 Å². The van der Waals surface area contributed by atoms with E-state index in [4.69, 9.17) is 4.74 Å². The predicted octanol–water partition coefficient (Wildman–Crippen LogP) is 1.71. The fraction of sp³-hybridized carbons (Fsp3) is 0.875. The Morgan fingerprint density at radius 3 is 2.57 bits per heavy atom. The van der Waals surface area contributed by atoms with Crippen molar-refractivity contribution in [3.05, 3.63) is 0 Å². The van der Waals surface area contributed by atoms with E-state index in [9.17, 15) is 9.59 Å². The van der Waals surface area contributed by atoms with Crippen LogP contribution in [0.1, 0.15) is 52.4 Å². The minimum Gasteiger partial charge on any atom is -0.380 e. The molecule has 0 aromatic carbocycles. The first-order valence-corrected chi connectivity index (χ1v) is 8.23. The Morgan fingerprint density at radius 1 is 1.19 bits per heavy atom. The molecule has 1 heterocycles. The predicted molar refractivity (Wildman–Crippen MR) is 80.8 cm³/mol. The summed E-state index contributed by atoms with van der Waals surface area (Å²) in [7, 11) is 0. The van der Waals surface area contributed by atoms with Gasteiger partial charge in [0.15, 0.2) is 0 Å². The quantitative estimate of drug-likeness (QED) is 0.759. The normalized spacial score (nSPS) is 22.0. The highest BCUT2D eigenvalue weighted by atomic mass is 16.5. The maximum Gasteiger partial charge on any atom is 0.246 e. The lowest BCUT2D eigenvalue weighted by Gasteiger charge is -2.47. The molecule has 1 N–H and O–H groups in total. The van der Waals surface area contributed by atoms with Gasteiger partial charge in [0.05, 0.1) is 13.2 Å². The van der Waals surface area contributed by atoms with Gasteiger partial charge in [0.2, 0.25) is 11.8 Å². The second-order valence-corrected chi connectivity index (χ2v) is 6.62. The lowest BCUT2D eigenvalue weighted by Crippen LogP contribution is -2.68. The average Bonchev–Trinajstić information content (AvgIpc) is 2.47. The van der Waals surface area contributed by atoms with Crippen LogP contribution in [-0.2, 0) is 14.3 Å². The van der Waals surface area contributed by atoms with Gasteiger partial charge in [-0.25, -0.2) is 0 Å². The first-order valence-electron chi connectivity index (χ1n) is 8.23. The summed E-state index contributed by atoms with van der Waals surface area (Å²) < 4.78 is 5.64. The number of rotatable bonds is 6. The van der Waals surface area contributed by atoms with Crippen LogP contribution in [0.5, 0.6) is 0 Å². The molecule has 1 aliphatic heterocycles. The number of nitrogens with zero attached hydrogens (tertiary/aromatic N) is 1. The molecule has 2 fully saturated rings. The van der Waals surface area contributed by atoms with Crippen LogP contribution in [0.3, 0.4) is 0 Å². The van der Waals surface area contributed by atoms with E-state index < -0.39 is 5.54 Å². The molecule has 2 amide bonds. The van der Waals surface area contributed by atoms with Crippen molar-refractivity contribution < 1.29 is 14.3 Å². The molecule has 21 heavy (non-hydrogen) atoms. The summed E-state index contributed by atoms with van der Waals surface area (Å²) in [6, 6.07) is 0. The number of carbonyl (C=O) groups is 2. The number of amides is 2. The first-order chi connectivity index (χ1) is 10.1. The summed E-state index contributed by atoms with van der Waals surface area (Å²) in [5.41, 5.74) is -0.602. The van der Waals surface area contributed by atoms with Crippen molar-refractivity contribution in [1.29, 1.82) is 0 Å². The summed E-state index contributed by atoms with van der Waals surface area (Å²) in [6.45, 7) is 6.24. The minimum absolute atomic E-state index is 0.0314. The summed E-state index contributed by atoms with van der Waals surface area (Å²) >= 11 is 0. The standard InChI is InChI=1S/C16H28N2O3/c1-13(2)6-10-21-11-9-18-14(19)12-17-15(20)16(18)7-4-3-5-8-16/h13H,3-12H2,1-2H3,(H,17,20). The molecule has 120 valence electrons. The van der Waals surface area contributed by atoms with Gasteiger partial charge in [-0.3, -0.25) is 9.59 Å². The summed E-state index contributed by atoms with van der Waals surface area (Å²) in [5, 5.41) is 2.77. The van der Waals surface area contributed by atoms with Gasteiger partial charge < -0.3 is 15.0 Å². The van der Waals surface area contributed by atoms with E-state index >= 15 is 0 Å². The van der Waals surface area contributed by atoms with Crippen LogP contribution in [0.4, 0.5) is 0 Å². The van der Waals surface area contributed by atoms with E-state index in [0.717, 1.165) is 45.1 Å². The van der Waals surface area contributed by atoms with E-state index in [-0.39, 0.29) is 18.4 Å². The van der Waals surface area contributed by atoms with Crippen LogP contribution in [0, 0.1) is 5.92 Å². The van der Waals surface area contributed by atoms with Gasteiger partial charge >= 0.3 is 0 Å². The molecule has 0 bridgehead atoms. The molecule has 2 rings (SSSR count). The molecule has 1 aliphatic carbocycles. The molecular weight excluding hydrogens is 268 g/mol. The highest BCUT2D eigenvalue weighted by Crippen LogP contribution is 2.35. The maximum absolute atomic E-state index is 12.4. The topological polar surface area (TPSA) is 58.6 Å². The van der Waals surface area contributed by atoms with Gasteiger partial charge in [0.25, 0.3) is 0 Å². The summed E-state index contributed by atoms with van der Waals surface area (Å²) in [6.07, 6.45) is 5.80. The van der Waals surface area contributed by atoms with Crippen LogP contribution in [0.25, 0.3) is 0 Å². The monoisotopic (exact) mass is 296 g/mol. The number of ether oxygens (including phenoxy) is 1. The zero-order chi connectivity index (χ0) is 15.3. The Hall–Kier alpha value is -1.10. The number of nitrogens with one attached hydrogen (secondary N) is 1. The van der Waals surface area contributed by atoms with Crippen molar-refractivity contribution in [1.82, 2.24) is 10.2 Å². The third kappa shape index (κ3) is 3.76. The van der Waals surface area contributed by atoms with Crippen LogP contribution >= 0.6 is 0 Å². The Kier molecular flexibility index (Phi) is 5.62. The van der Waals surface area contributed by atoms with Crippen LogP contribution in [0.15, 0.2) is 0 Å². The smallest absolute Gasteiger partial charge is 0.246 e. The van der Waals surface area contributed by atoms with Crippen molar-refractivity contribution in [2.45, 2.75) is 57.9 Å². The minimum atomic E-state index is -0.602. The van der Waals surface area contributed by atoms with Crippen molar-refractivity contribution in [2.24, 2.45) is 5.92 Å². The molecule has 0 unspecified atom stereocenters. The second-order valence-electron chi connectivity index (χ2n) is 6.62. The molecular formula is C16H28N2O3. The Labute approximate surface area is 127 Å². The molecule has 5 nitrogen and oxygen atoms in total. The maximum atomic E-state index is 12.4. The number of hydrogen-bond donors (Lipinski definition) is 1. The number of piperazine rings is 1. The van der Waals surface area contributed by atoms with Gasteiger partial charge in [-0.2, -0.15) is 0 Å². The largest absolute Gasteiger partial charge is 0.380 e. The van der Waals surface area contributed by atoms with Crippen molar-refractivity contribution in [3.63, 3.8) is 0 Å². The molecule has 0 aromatic heterocycles. The van der Waals surface area contributed by atoms with Crippen LogP contribution in [-0.4, -0.2) is 48.6 Å². The molecule has 2 aliphatic rings. The third-order valence-corrected chi connectivity index (χ3v) is 4.62. The van der Waals surface area contributed by atoms with Gasteiger partial charge in [-0.15, -0.1) is 0 Å². The summed E-state index contributed by atoms with van der Waals surface area (Å²) in [4.78, 5) is 26.4. The SMILES string of the molecule is CC(C)CCOCCN1C(=O)CNC(=O)C12CCCCC2. The molecule has 0 atom stereocenters. The highest BCUT2D eigenvalue weighted by Gasteiger charge is 2.49. The Balaban J connectivity index is 1.92. The van der Waals surface area contributed by atoms with Gasteiger partial charge in [-0.1, -0.05) is 33.1 Å². The van der Waals surface area contributed by atoms with E-state index in [2.05, 4.69) is 19.2 Å². The molecule has 0 aromatic rings. The number of carbonyl (C=O) groups excluding carboxylic acids is 2. The zero-order valence-electron chi connectivity index (χ0n) is 13.3. The summed E-state index contributed by atoms with van der Waals surface area (Å²) in [5.74, 6) is 0.685. The molecule has 1 spiro atoms. The molecule has 1 saturated heterocycles. The fourth-order valence-corrected chi connectivity index (χ4v) is 3.33. The van der Waals surface area contributed by atoms with E-state index in [1.165, 1.54) is 0 Å². The molecule has 5 heteroatoms. The van der Waals surface area contributed by atoms with Crippen LogP contribution < -0.4 is 5.32 Å². The molecule has 0 radical (unpaired) electrons. The second kappa shape index (κ2) is 7.25. The number of hydrogen-bond acceptors (Lipinski definition) is 3. The van der Waals surface area contributed by atoms with E-state index in [1.807, 2.05) is 0 Å². The third-order valence-electron chi connectivity index (χ3n) is 4.62. The van der Waals surface area contributed by atoms with Crippen LogP contribution in [0.2, 0.25) is 0 Å². The Bertz CT molecular complexity index is 376. The van der Waals surface area contributed by atoms with Crippen molar-refractivity contribution in [3.8, 4) is 0 Å². The molecule has 1 saturated carbocycles. The highest BCUT2D eigenvalue weighted by molar-refractivity contribution is 5.98. The van der Waals surface area contributed by atoms with Crippen molar-refractivity contribution in [2.75, 3.05) is 26.3 Å². The van der Waals surface area contributed by atoms with Gasteiger partial charge in [0, 0.05) is 13.2 Å². The zero-order valence-corrected chi connectivity index (χ0v) is 13.3. The first kappa shape index (κ1) is 16.3. The fourth-order valence-electron chi connectivity index (χ4n) is 3.33. The van der Waals surface area contributed by atoms with Gasteiger partial charge in [0.1, 0.15) is 5.54 Å². The Morgan fingerprint density at radius 2 is 1.90 bits per heavy atom. The van der Waals surface area contributed by atoms with Gasteiger partial charge in [-0.05, 0) is 25.2 Å². The lowest BCUT2D eigenvalue weighted by atomic mass is 9.78.